The number of halogens is 1. The molecule has 0 aliphatic carbocycles. The van der Waals surface area contributed by atoms with E-state index in [1.165, 1.54) is 0 Å². The van der Waals surface area contributed by atoms with E-state index < -0.39 is 0 Å². The monoisotopic (exact) mass is 241 g/mol. The Labute approximate surface area is 100 Å². The van der Waals surface area contributed by atoms with Crippen molar-refractivity contribution in [1.82, 2.24) is 4.98 Å². The number of amides is 1. The van der Waals surface area contributed by atoms with Crippen molar-refractivity contribution in [3.8, 4) is 0 Å². The van der Waals surface area contributed by atoms with Crippen molar-refractivity contribution < 1.29 is 4.79 Å². The number of anilines is 1. The minimum Gasteiger partial charge on any atom is -0.330 e. The van der Waals surface area contributed by atoms with Crippen LogP contribution in [0, 0.1) is 12.8 Å². The maximum Gasteiger partial charge on any atom is 0.228 e. The zero-order valence-electron chi connectivity index (χ0n) is 9.46. The molecule has 1 rings (SSSR count). The molecule has 0 fully saturated rings. The third-order valence-corrected chi connectivity index (χ3v) is 2.80. The summed E-state index contributed by atoms with van der Waals surface area (Å²) in [7, 11) is 0. The molecule has 88 valence electrons. The van der Waals surface area contributed by atoms with E-state index >= 15 is 0 Å². The zero-order chi connectivity index (χ0) is 12.1. The number of nitrogens with zero attached hydrogens (tertiary/aromatic N) is 1. The van der Waals surface area contributed by atoms with Gasteiger partial charge in [-0.3, -0.25) is 4.79 Å². The Morgan fingerprint density at radius 3 is 2.88 bits per heavy atom. The van der Waals surface area contributed by atoms with Crippen LogP contribution in [0.1, 0.15) is 18.9 Å². The molecule has 1 unspecified atom stereocenters. The van der Waals surface area contributed by atoms with Gasteiger partial charge in [0.15, 0.2) is 5.15 Å². The number of pyridine rings is 1. The molecule has 1 amide bonds. The Bertz CT molecular complexity index is 357. The number of hydrogen-bond acceptors (Lipinski definition) is 3. The highest BCUT2D eigenvalue weighted by Crippen LogP contribution is 2.23. The smallest absolute Gasteiger partial charge is 0.228 e. The predicted octanol–water partition coefficient (Wildman–Crippen LogP) is 1.97. The van der Waals surface area contributed by atoms with Crippen molar-refractivity contribution in [3.63, 3.8) is 0 Å². The lowest BCUT2D eigenvalue weighted by molar-refractivity contribution is -0.119. The topological polar surface area (TPSA) is 68.0 Å². The van der Waals surface area contributed by atoms with Crippen LogP contribution in [0.25, 0.3) is 0 Å². The van der Waals surface area contributed by atoms with Gasteiger partial charge in [0, 0.05) is 12.7 Å². The average molecular weight is 242 g/mol. The van der Waals surface area contributed by atoms with E-state index in [1.807, 2.05) is 13.8 Å². The Morgan fingerprint density at radius 1 is 1.69 bits per heavy atom. The van der Waals surface area contributed by atoms with Crippen LogP contribution in [-0.4, -0.2) is 17.4 Å². The lowest BCUT2D eigenvalue weighted by Gasteiger charge is -2.14. The number of hydrogen-bond donors (Lipinski definition) is 2. The Morgan fingerprint density at radius 2 is 2.38 bits per heavy atom. The molecule has 5 heteroatoms. The summed E-state index contributed by atoms with van der Waals surface area (Å²) in [6, 6.07) is 1.80. The van der Waals surface area contributed by atoms with Crippen molar-refractivity contribution in [2.75, 3.05) is 11.9 Å². The van der Waals surface area contributed by atoms with Crippen LogP contribution in [0.4, 0.5) is 5.69 Å². The second-order valence-corrected chi connectivity index (χ2v) is 3.98. The van der Waals surface area contributed by atoms with Gasteiger partial charge in [0.25, 0.3) is 0 Å². The molecule has 0 saturated carbocycles. The standard InChI is InChI=1S/C11H16ClN3O/c1-3-8(6-13)11(16)15-9-7(2)4-5-14-10(9)12/h4-5,8H,3,6,13H2,1-2H3,(H,15,16). The lowest BCUT2D eigenvalue weighted by atomic mass is 10.1. The quantitative estimate of drug-likeness (QED) is 0.792. The molecule has 0 bridgehead atoms. The van der Waals surface area contributed by atoms with E-state index in [2.05, 4.69) is 10.3 Å². The third kappa shape index (κ3) is 2.93. The summed E-state index contributed by atoms with van der Waals surface area (Å²) in [5, 5.41) is 3.07. The van der Waals surface area contributed by atoms with E-state index in [0.29, 0.717) is 23.8 Å². The average Bonchev–Trinajstić information content (AvgIpc) is 2.25. The maximum absolute atomic E-state index is 11.8. The van der Waals surface area contributed by atoms with Crippen LogP contribution in [0.5, 0.6) is 0 Å². The van der Waals surface area contributed by atoms with E-state index in [9.17, 15) is 4.79 Å². The van der Waals surface area contributed by atoms with Crippen LogP contribution in [-0.2, 0) is 4.79 Å². The van der Waals surface area contributed by atoms with Crippen molar-refractivity contribution in [1.29, 1.82) is 0 Å². The molecule has 0 saturated heterocycles. The van der Waals surface area contributed by atoms with Gasteiger partial charge in [-0.2, -0.15) is 0 Å². The molecule has 4 nitrogen and oxygen atoms in total. The van der Waals surface area contributed by atoms with Crippen molar-refractivity contribution >= 4 is 23.2 Å². The van der Waals surface area contributed by atoms with Gasteiger partial charge < -0.3 is 11.1 Å². The summed E-state index contributed by atoms with van der Waals surface area (Å²) in [6.07, 6.45) is 2.31. The first-order valence-corrected chi connectivity index (χ1v) is 5.60. The first-order valence-electron chi connectivity index (χ1n) is 5.22. The zero-order valence-corrected chi connectivity index (χ0v) is 10.2. The summed E-state index contributed by atoms with van der Waals surface area (Å²) in [5.74, 6) is -0.293. The molecule has 1 heterocycles. The van der Waals surface area contributed by atoms with Gasteiger partial charge in [-0.15, -0.1) is 0 Å². The number of aromatic nitrogens is 1. The summed E-state index contributed by atoms with van der Waals surface area (Å²) in [4.78, 5) is 15.7. The number of nitrogens with two attached hydrogens (primary N) is 1. The first-order chi connectivity index (χ1) is 7.60. The lowest BCUT2D eigenvalue weighted by Crippen LogP contribution is -2.29. The molecule has 3 N–H and O–H groups in total. The van der Waals surface area contributed by atoms with Gasteiger partial charge in [0.2, 0.25) is 5.91 Å². The minimum absolute atomic E-state index is 0.108. The molecule has 0 aliphatic rings. The first kappa shape index (κ1) is 12.9. The minimum atomic E-state index is -0.185. The molecular weight excluding hydrogens is 226 g/mol. The van der Waals surface area contributed by atoms with Gasteiger partial charge >= 0.3 is 0 Å². The van der Waals surface area contributed by atoms with Crippen LogP contribution >= 0.6 is 11.6 Å². The van der Waals surface area contributed by atoms with Crippen molar-refractivity contribution in [3.05, 3.63) is 23.0 Å². The molecule has 1 aromatic heterocycles. The number of carbonyl (C=O) groups excluding carboxylic acids is 1. The van der Waals surface area contributed by atoms with E-state index in [1.54, 1.807) is 12.3 Å². The molecular formula is C11H16ClN3O. The van der Waals surface area contributed by atoms with Crippen molar-refractivity contribution in [2.45, 2.75) is 20.3 Å². The molecule has 0 spiro atoms. The van der Waals surface area contributed by atoms with Crippen LogP contribution in [0.2, 0.25) is 5.15 Å². The van der Waals surface area contributed by atoms with Gasteiger partial charge in [-0.25, -0.2) is 4.98 Å². The van der Waals surface area contributed by atoms with E-state index in [4.69, 9.17) is 17.3 Å². The fourth-order valence-electron chi connectivity index (χ4n) is 1.36. The molecule has 0 aliphatic heterocycles. The molecule has 16 heavy (non-hydrogen) atoms. The fourth-order valence-corrected chi connectivity index (χ4v) is 1.61. The number of rotatable bonds is 4. The van der Waals surface area contributed by atoms with Gasteiger partial charge in [0.1, 0.15) is 0 Å². The van der Waals surface area contributed by atoms with Crippen LogP contribution in [0.3, 0.4) is 0 Å². The summed E-state index contributed by atoms with van der Waals surface area (Å²) < 4.78 is 0. The molecule has 1 aromatic rings. The molecule has 1 atom stereocenters. The summed E-state index contributed by atoms with van der Waals surface area (Å²) in [6.45, 7) is 4.13. The molecule has 0 radical (unpaired) electrons. The largest absolute Gasteiger partial charge is 0.330 e. The highest BCUT2D eigenvalue weighted by atomic mass is 35.5. The highest BCUT2D eigenvalue weighted by molar-refractivity contribution is 6.32. The van der Waals surface area contributed by atoms with Gasteiger partial charge in [0.05, 0.1) is 11.6 Å². The molecule has 0 aromatic carbocycles. The van der Waals surface area contributed by atoms with Crippen molar-refractivity contribution in [2.24, 2.45) is 11.7 Å². The Hall–Kier alpha value is -1.13. The van der Waals surface area contributed by atoms with Gasteiger partial charge in [-0.05, 0) is 25.0 Å². The van der Waals surface area contributed by atoms with Crippen LogP contribution in [0.15, 0.2) is 12.3 Å². The highest BCUT2D eigenvalue weighted by Gasteiger charge is 2.16. The normalized spacial score (nSPS) is 12.2. The Balaban J connectivity index is 2.84. The third-order valence-electron chi connectivity index (χ3n) is 2.51. The second kappa shape index (κ2) is 5.82. The van der Waals surface area contributed by atoms with E-state index in [-0.39, 0.29) is 11.8 Å². The second-order valence-electron chi connectivity index (χ2n) is 3.62. The summed E-state index contributed by atoms with van der Waals surface area (Å²) >= 11 is 5.91. The number of nitrogens with one attached hydrogen (secondary N) is 1. The number of carbonyl (C=O) groups is 1. The van der Waals surface area contributed by atoms with E-state index in [0.717, 1.165) is 5.56 Å². The predicted molar refractivity (Wildman–Crippen MR) is 65.4 cm³/mol. The maximum atomic E-state index is 11.8. The Kier molecular flexibility index (Phi) is 4.71. The number of aryl methyl sites for hydroxylation is 1. The fraction of sp³-hybridized carbons (Fsp3) is 0.455. The summed E-state index contributed by atoms with van der Waals surface area (Å²) in [5.41, 5.74) is 6.96. The SMILES string of the molecule is CCC(CN)C(=O)Nc1c(C)ccnc1Cl. The van der Waals surface area contributed by atoms with Gasteiger partial charge in [-0.1, -0.05) is 18.5 Å². The van der Waals surface area contributed by atoms with Crippen LogP contribution < -0.4 is 11.1 Å².